The Bertz CT molecular complexity index is 618. The van der Waals surface area contributed by atoms with Gasteiger partial charge in [0.2, 0.25) is 11.9 Å². The lowest BCUT2D eigenvalue weighted by molar-refractivity contribution is 0.440. The monoisotopic (exact) mass is 337 g/mol. The van der Waals surface area contributed by atoms with E-state index >= 15 is 0 Å². The van der Waals surface area contributed by atoms with Crippen molar-refractivity contribution in [2.24, 2.45) is 0 Å². The van der Waals surface area contributed by atoms with Crippen LogP contribution in [0.15, 0.2) is 22.7 Å². The van der Waals surface area contributed by atoms with Crippen molar-refractivity contribution in [3.8, 4) is 11.8 Å². The van der Waals surface area contributed by atoms with Crippen molar-refractivity contribution >= 4 is 27.8 Å². The lowest BCUT2D eigenvalue weighted by Gasteiger charge is -2.12. The molecule has 0 aliphatic rings. The predicted molar refractivity (Wildman–Crippen MR) is 82.7 cm³/mol. The highest BCUT2D eigenvalue weighted by molar-refractivity contribution is 9.10. The molecule has 1 N–H and O–H groups in total. The van der Waals surface area contributed by atoms with E-state index in [1.807, 2.05) is 39.2 Å². The molecular formula is C13H16BrN5O. The van der Waals surface area contributed by atoms with Crippen molar-refractivity contribution in [1.29, 1.82) is 0 Å². The molecule has 6 nitrogen and oxygen atoms in total. The van der Waals surface area contributed by atoms with E-state index < -0.39 is 0 Å². The van der Waals surface area contributed by atoms with Crippen molar-refractivity contribution in [2.45, 2.75) is 6.92 Å². The average Bonchev–Trinajstić information content (AvgIpc) is 2.42. The molecule has 0 saturated carbocycles. The minimum absolute atomic E-state index is 0.259. The topological polar surface area (TPSA) is 63.2 Å². The third-order valence-corrected chi connectivity index (χ3v) is 3.45. The van der Waals surface area contributed by atoms with Gasteiger partial charge in [0.1, 0.15) is 5.75 Å². The Hall–Kier alpha value is -1.89. The number of rotatable bonds is 4. The number of ether oxygens (including phenoxy) is 1. The molecule has 7 heteroatoms. The normalized spacial score (nSPS) is 10.2. The lowest BCUT2D eigenvalue weighted by Crippen LogP contribution is -2.15. The maximum absolute atomic E-state index is 5.70. The SMILES string of the molecule is CNc1nc(Oc2ccc(Br)c(C)c2)nc(N(C)C)n1. The van der Waals surface area contributed by atoms with E-state index in [0.29, 0.717) is 17.6 Å². The van der Waals surface area contributed by atoms with E-state index in [2.05, 4.69) is 36.2 Å². The zero-order chi connectivity index (χ0) is 14.7. The molecule has 0 atom stereocenters. The van der Waals surface area contributed by atoms with Gasteiger partial charge in [0.25, 0.3) is 0 Å². The molecule has 0 fully saturated rings. The molecule has 0 bridgehead atoms. The van der Waals surface area contributed by atoms with Crippen LogP contribution in [0.3, 0.4) is 0 Å². The first-order valence-electron chi connectivity index (χ1n) is 6.04. The molecule has 2 aromatic rings. The summed E-state index contributed by atoms with van der Waals surface area (Å²) in [5.41, 5.74) is 1.08. The minimum atomic E-state index is 0.259. The number of anilines is 2. The first-order valence-corrected chi connectivity index (χ1v) is 6.84. The fourth-order valence-electron chi connectivity index (χ4n) is 1.49. The Morgan fingerprint density at radius 3 is 2.55 bits per heavy atom. The Labute approximate surface area is 126 Å². The highest BCUT2D eigenvalue weighted by Gasteiger charge is 2.09. The second-order valence-electron chi connectivity index (χ2n) is 4.40. The number of halogens is 1. The van der Waals surface area contributed by atoms with Gasteiger partial charge in [-0.05, 0) is 30.7 Å². The van der Waals surface area contributed by atoms with Gasteiger partial charge in [-0.3, -0.25) is 0 Å². The van der Waals surface area contributed by atoms with E-state index in [4.69, 9.17) is 4.74 Å². The van der Waals surface area contributed by atoms with Crippen LogP contribution in [0.5, 0.6) is 11.8 Å². The van der Waals surface area contributed by atoms with Crippen LogP contribution in [-0.2, 0) is 0 Å². The number of nitrogens with one attached hydrogen (secondary N) is 1. The van der Waals surface area contributed by atoms with Gasteiger partial charge in [-0.2, -0.15) is 15.0 Å². The molecule has 1 heterocycles. The molecule has 0 saturated heterocycles. The quantitative estimate of drug-likeness (QED) is 0.925. The van der Waals surface area contributed by atoms with Crippen molar-refractivity contribution in [3.05, 3.63) is 28.2 Å². The molecule has 0 aliphatic carbocycles. The summed E-state index contributed by atoms with van der Waals surface area (Å²) in [6, 6.07) is 5.96. The largest absolute Gasteiger partial charge is 0.424 e. The summed E-state index contributed by atoms with van der Waals surface area (Å²) in [5.74, 6) is 1.68. The van der Waals surface area contributed by atoms with Crippen molar-refractivity contribution in [2.75, 3.05) is 31.4 Å². The molecule has 2 rings (SSSR count). The van der Waals surface area contributed by atoms with E-state index in [0.717, 1.165) is 10.0 Å². The van der Waals surface area contributed by atoms with Crippen LogP contribution < -0.4 is 15.0 Å². The van der Waals surface area contributed by atoms with Crippen LogP contribution in [0.4, 0.5) is 11.9 Å². The lowest BCUT2D eigenvalue weighted by atomic mass is 10.2. The molecule has 0 amide bonds. The molecule has 0 unspecified atom stereocenters. The van der Waals surface area contributed by atoms with Crippen LogP contribution in [0.1, 0.15) is 5.56 Å². The summed E-state index contributed by atoms with van der Waals surface area (Å²) in [7, 11) is 5.48. The van der Waals surface area contributed by atoms with Crippen molar-refractivity contribution < 1.29 is 4.74 Å². The molecule has 1 aromatic heterocycles. The van der Waals surface area contributed by atoms with Gasteiger partial charge in [0, 0.05) is 25.6 Å². The minimum Gasteiger partial charge on any atom is -0.424 e. The maximum atomic E-state index is 5.70. The Morgan fingerprint density at radius 1 is 1.20 bits per heavy atom. The highest BCUT2D eigenvalue weighted by atomic mass is 79.9. The molecule has 106 valence electrons. The Kier molecular flexibility index (Phi) is 4.39. The van der Waals surface area contributed by atoms with E-state index in [1.165, 1.54) is 0 Å². The summed E-state index contributed by atoms with van der Waals surface area (Å²) in [6.45, 7) is 1.99. The Balaban J connectivity index is 2.32. The average molecular weight is 338 g/mol. The highest BCUT2D eigenvalue weighted by Crippen LogP contribution is 2.25. The van der Waals surface area contributed by atoms with Crippen LogP contribution in [0.2, 0.25) is 0 Å². The Morgan fingerprint density at radius 2 is 1.95 bits per heavy atom. The molecule has 20 heavy (non-hydrogen) atoms. The third kappa shape index (κ3) is 3.36. The van der Waals surface area contributed by atoms with Gasteiger partial charge >= 0.3 is 6.01 Å². The zero-order valence-electron chi connectivity index (χ0n) is 11.8. The molecule has 0 radical (unpaired) electrons. The fourth-order valence-corrected chi connectivity index (χ4v) is 1.74. The number of aryl methyl sites for hydroxylation is 1. The molecule has 0 spiro atoms. The van der Waals surface area contributed by atoms with Crippen LogP contribution in [0, 0.1) is 6.92 Å². The van der Waals surface area contributed by atoms with Gasteiger partial charge in [0.05, 0.1) is 0 Å². The summed E-state index contributed by atoms with van der Waals surface area (Å²) in [6.07, 6.45) is 0. The second-order valence-corrected chi connectivity index (χ2v) is 5.25. The summed E-state index contributed by atoms with van der Waals surface area (Å²) >= 11 is 3.45. The first kappa shape index (κ1) is 14.5. The number of aromatic nitrogens is 3. The smallest absolute Gasteiger partial charge is 0.328 e. The van der Waals surface area contributed by atoms with E-state index in [1.54, 1.807) is 11.9 Å². The van der Waals surface area contributed by atoms with Crippen LogP contribution in [-0.4, -0.2) is 36.1 Å². The fraction of sp³-hybridized carbons (Fsp3) is 0.308. The van der Waals surface area contributed by atoms with Crippen molar-refractivity contribution in [3.63, 3.8) is 0 Å². The van der Waals surface area contributed by atoms with E-state index in [-0.39, 0.29) is 6.01 Å². The third-order valence-electron chi connectivity index (χ3n) is 2.57. The molecular weight excluding hydrogens is 322 g/mol. The second kappa shape index (κ2) is 6.04. The van der Waals surface area contributed by atoms with Gasteiger partial charge in [-0.25, -0.2) is 0 Å². The van der Waals surface area contributed by atoms with E-state index in [9.17, 15) is 0 Å². The standard InChI is InChI=1S/C13H16BrN5O/c1-8-7-9(5-6-10(8)14)20-13-17-11(15-2)16-12(18-13)19(3)4/h5-7H,1-4H3,(H,15,16,17,18). The first-order chi connectivity index (χ1) is 9.49. The maximum Gasteiger partial charge on any atom is 0.328 e. The van der Waals surface area contributed by atoms with Gasteiger partial charge in [-0.1, -0.05) is 15.9 Å². The number of hydrogen-bond acceptors (Lipinski definition) is 6. The molecule has 0 aliphatic heterocycles. The summed E-state index contributed by atoms with van der Waals surface area (Å²) in [5, 5.41) is 2.89. The van der Waals surface area contributed by atoms with Crippen molar-refractivity contribution in [1.82, 2.24) is 15.0 Å². The zero-order valence-corrected chi connectivity index (χ0v) is 13.4. The van der Waals surface area contributed by atoms with Gasteiger partial charge in [0.15, 0.2) is 0 Å². The number of nitrogens with zero attached hydrogens (tertiary/aromatic N) is 4. The van der Waals surface area contributed by atoms with Gasteiger partial charge in [-0.15, -0.1) is 0 Å². The summed E-state index contributed by atoms with van der Waals surface area (Å²) in [4.78, 5) is 14.5. The van der Waals surface area contributed by atoms with Gasteiger partial charge < -0.3 is 15.0 Å². The molecule has 1 aromatic carbocycles. The summed E-state index contributed by atoms with van der Waals surface area (Å²) < 4.78 is 6.73. The predicted octanol–water partition coefficient (Wildman–Crippen LogP) is 2.84. The number of hydrogen-bond donors (Lipinski definition) is 1. The number of benzene rings is 1. The van der Waals surface area contributed by atoms with Crippen LogP contribution >= 0.6 is 15.9 Å². The van der Waals surface area contributed by atoms with Crippen LogP contribution in [0.25, 0.3) is 0 Å².